The maximum absolute atomic E-state index is 12.6. The smallest absolute Gasteiger partial charge is 0.417 e. The molecule has 12 rings (SSSR count). The molecular weight excluding hydrogens is 2060 g/mol. The van der Waals surface area contributed by atoms with Crippen LogP contribution in [0.4, 0.5) is 17.6 Å². The van der Waals surface area contributed by atoms with E-state index < -0.39 is 23.5 Å². The first-order valence-corrected chi connectivity index (χ1v) is 32.0. The van der Waals surface area contributed by atoms with Crippen LogP contribution in [-0.4, -0.2) is 108 Å². The molecule has 6 atom stereocenters. The molecule has 6 aromatic carbocycles. The van der Waals surface area contributed by atoms with E-state index in [9.17, 15) is 22.4 Å². The number of pyridine rings is 6. The summed E-state index contributed by atoms with van der Waals surface area (Å²) in [6.07, 6.45) is 5.05. The number of fused-ring (bicyclic) bond motifs is 3. The predicted molar refractivity (Wildman–Crippen MR) is 385 cm³/mol. The van der Waals surface area contributed by atoms with E-state index >= 15 is 0 Å². The summed E-state index contributed by atoms with van der Waals surface area (Å²) >= 11 is 0. The number of aliphatic hydroxyl groups excluding tert-OH is 6. The number of nitrogens with zero attached hydrogens (tertiary/aromatic N) is 6. The second kappa shape index (κ2) is 56.2. The first-order valence-electron chi connectivity index (χ1n) is 32.0. The number of carboxylic acids is 1. The summed E-state index contributed by atoms with van der Waals surface area (Å²) in [5.74, 6) is -1.45. The first kappa shape index (κ1) is 99.9. The number of aromatic nitrogens is 6. The summed E-state index contributed by atoms with van der Waals surface area (Å²) < 4.78 is 49.5. The molecule has 0 bridgehead atoms. The van der Waals surface area contributed by atoms with E-state index in [4.69, 9.17) is 35.7 Å². The van der Waals surface area contributed by atoms with Crippen LogP contribution in [0.3, 0.4) is 0 Å². The molecule has 12 aromatic rings. The SMILES string of the molecule is CC(O)CC(C)O.CC(O)CC(C)O.CC(O)CC(C)O.Cc1[c-]c(-c2ccccn2)cc(C)c1.Fc1c[c-]c(-c2ccc(C(F)(F)F)cn2)cc1.O=C(O)c1ccccn1.[Ir].[Ir].[Ir].[Rh].[Rh].[c-]1cccc2ccc3cccnc3c12.[c-]1ccccc1-c1ccccn1.[c-]1ccccc1Cc1ccccn1. The molecule has 6 unspecified atom stereocenters. The van der Waals surface area contributed by atoms with Gasteiger partial charge in [0.1, 0.15) is 5.69 Å². The number of aryl methyl sites for hydroxylation is 2. The van der Waals surface area contributed by atoms with E-state index in [2.05, 4.69) is 117 Å². The number of carbonyl (C=O) groups is 1. The average Bonchev–Trinajstić information content (AvgIpc) is 0.804. The molecule has 105 heavy (non-hydrogen) atoms. The number of alkyl halides is 3. The van der Waals surface area contributed by atoms with Gasteiger partial charge in [0.25, 0.3) is 0 Å². The van der Waals surface area contributed by atoms with Crippen molar-refractivity contribution in [2.75, 3.05) is 0 Å². The zero-order valence-electron chi connectivity index (χ0n) is 58.8. The second-order valence-electron chi connectivity index (χ2n) is 22.8. The molecule has 0 saturated heterocycles. The molecule has 14 nitrogen and oxygen atoms in total. The standard InChI is InChI=1S/C13H8N.C13H12N.C12H6F4N.C12H10N.C11H8N.C6H5NO2.3C5H12O2.3Ir.2Rh/c1-2-6-12-10(4-1)7-8-11-5-3-9-14-13(11)12;1-10-7-11(2)9-12(8-10)13-5-3-4-6-14-13;13-10-4-1-8(2-5-10)11-6-3-9(7-17-11)12(14,15)16;1-2-6-11(7-3-1)10-12-8-4-5-9-13-12;1-2-6-10(7-3-1)11-8-4-5-9-12-11;8-6(9)5-3-1-2-4-7-5;3*1-4(6)3-5(2)7;;;;;/h1-5,7-9H;3-8H,1-2H3;1,3-7H;1-6,8-9H,10H2;1-6,8-9H;1-4H,(H,8,9);3*4-7H,3H2,1-2H3;;;;;/q5*-1;;;;;;;;;. The third kappa shape index (κ3) is 43.3. The molecule has 0 saturated carbocycles. The van der Waals surface area contributed by atoms with Gasteiger partial charge in [-0.2, -0.15) is 49.1 Å². The molecule has 6 aromatic heterocycles. The number of carboxylic acid groups (broad SMARTS) is 1. The van der Waals surface area contributed by atoms with E-state index in [-0.39, 0.29) is 142 Å². The normalized spacial score (nSPS) is 11.5. The van der Waals surface area contributed by atoms with Crippen molar-refractivity contribution in [3.63, 3.8) is 0 Å². The molecule has 0 aliphatic heterocycles. The number of benzene rings is 6. The van der Waals surface area contributed by atoms with Crippen LogP contribution in [0, 0.1) is 50.0 Å². The zero-order chi connectivity index (χ0) is 73.2. The molecule has 23 heteroatoms. The van der Waals surface area contributed by atoms with Crippen LogP contribution in [0.25, 0.3) is 55.4 Å². The van der Waals surface area contributed by atoms with Gasteiger partial charge in [-0.15, -0.1) is 136 Å². The molecule has 0 spiro atoms. The van der Waals surface area contributed by atoms with E-state index in [1.54, 1.807) is 66.1 Å². The van der Waals surface area contributed by atoms with Crippen molar-refractivity contribution in [1.82, 2.24) is 29.9 Å². The van der Waals surface area contributed by atoms with Crippen molar-refractivity contribution < 1.29 is 157 Å². The van der Waals surface area contributed by atoms with Crippen molar-refractivity contribution in [3.05, 3.63) is 313 Å². The van der Waals surface area contributed by atoms with Gasteiger partial charge in [-0.3, -0.25) is 9.37 Å². The van der Waals surface area contributed by atoms with Crippen LogP contribution in [-0.2, 0) is 112 Å². The predicted octanol–water partition coefficient (Wildman–Crippen LogP) is 16.3. The van der Waals surface area contributed by atoms with Gasteiger partial charge < -0.3 is 55.7 Å². The fraction of sp³-hybridized carbons (Fsp3) is 0.232. The zero-order valence-corrected chi connectivity index (χ0v) is 69.2. The summed E-state index contributed by atoms with van der Waals surface area (Å²) in [4.78, 5) is 34.5. The van der Waals surface area contributed by atoms with Gasteiger partial charge in [-0.25, -0.2) is 9.78 Å². The Morgan fingerprint density at radius 2 is 0.943 bits per heavy atom. The number of aromatic carboxylic acids is 1. The topological polar surface area (TPSA) is 236 Å². The third-order valence-corrected chi connectivity index (χ3v) is 13.1. The molecule has 7 N–H and O–H groups in total. The number of hydrogen-bond acceptors (Lipinski definition) is 13. The molecule has 0 fully saturated rings. The summed E-state index contributed by atoms with van der Waals surface area (Å²) in [6, 6.07) is 78.1. The number of halogens is 4. The fourth-order valence-electron chi connectivity index (χ4n) is 8.86. The van der Waals surface area contributed by atoms with Gasteiger partial charge >= 0.3 is 12.1 Å². The Kier molecular flexibility index (Phi) is 53.5. The molecule has 6 heterocycles. The molecule has 0 aliphatic carbocycles. The minimum Gasteiger partial charge on any atom is -0.477 e. The van der Waals surface area contributed by atoms with E-state index in [1.165, 1.54) is 52.4 Å². The summed E-state index contributed by atoms with van der Waals surface area (Å²) in [7, 11) is 0. The van der Waals surface area contributed by atoms with Crippen LogP contribution in [0.5, 0.6) is 0 Å². The summed E-state index contributed by atoms with van der Waals surface area (Å²) in [5, 5.41) is 63.2. The van der Waals surface area contributed by atoms with Gasteiger partial charge in [0, 0.05) is 148 Å². The largest absolute Gasteiger partial charge is 0.477 e. The van der Waals surface area contributed by atoms with Crippen molar-refractivity contribution in [1.29, 1.82) is 0 Å². The average molecular weight is 2140 g/mol. The number of rotatable bonds is 12. The first-order chi connectivity index (χ1) is 47.8. The molecule has 0 aliphatic rings. The van der Waals surface area contributed by atoms with Crippen molar-refractivity contribution in [2.45, 2.75) is 124 Å². The fourth-order valence-corrected chi connectivity index (χ4v) is 8.86. The maximum atomic E-state index is 12.6. The second-order valence-corrected chi connectivity index (χ2v) is 22.8. The quantitative estimate of drug-likeness (QED) is 0.0261. The van der Waals surface area contributed by atoms with Crippen LogP contribution in [0.1, 0.15) is 99.2 Å². The molecule has 5 radical (unpaired) electrons. The minimum atomic E-state index is -4.40. The Labute approximate surface area is 680 Å². The van der Waals surface area contributed by atoms with Crippen LogP contribution in [0.15, 0.2) is 243 Å². The number of hydrogen-bond donors (Lipinski definition) is 7. The van der Waals surface area contributed by atoms with E-state index in [0.717, 1.165) is 69.4 Å². The van der Waals surface area contributed by atoms with Gasteiger partial charge in [0.05, 0.1) is 42.2 Å². The number of aliphatic hydroxyl groups is 6. The Hall–Kier alpha value is -7.12. The van der Waals surface area contributed by atoms with Crippen molar-refractivity contribution >= 4 is 27.6 Å². The monoisotopic (exact) mass is 2140 g/mol. The molecule has 569 valence electrons. The van der Waals surface area contributed by atoms with Crippen molar-refractivity contribution in [2.24, 2.45) is 0 Å². The van der Waals surface area contributed by atoms with Gasteiger partial charge in [0.15, 0.2) is 0 Å². The van der Waals surface area contributed by atoms with Gasteiger partial charge in [-0.05, 0) is 138 Å². The van der Waals surface area contributed by atoms with Crippen molar-refractivity contribution in [3.8, 4) is 33.8 Å². The summed E-state index contributed by atoms with van der Waals surface area (Å²) in [5.41, 5.74) is 9.81. The Balaban J connectivity index is 0. The van der Waals surface area contributed by atoms with E-state index in [1.807, 2.05) is 128 Å². The van der Waals surface area contributed by atoms with Crippen LogP contribution in [0.2, 0.25) is 0 Å². The van der Waals surface area contributed by atoms with Crippen LogP contribution < -0.4 is 0 Å². The molecular formula is C82H85F4Ir3N6O8Rh2-5. The maximum Gasteiger partial charge on any atom is 0.417 e. The minimum absolute atomic E-state index is 0. The Morgan fingerprint density at radius 1 is 0.457 bits per heavy atom. The molecule has 0 amide bonds. The van der Waals surface area contributed by atoms with Gasteiger partial charge in [0.2, 0.25) is 0 Å². The Morgan fingerprint density at radius 3 is 1.37 bits per heavy atom. The van der Waals surface area contributed by atoms with Crippen LogP contribution >= 0.6 is 0 Å². The summed E-state index contributed by atoms with van der Waals surface area (Å²) in [6.45, 7) is 14.1. The van der Waals surface area contributed by atoms with E-state index in [0.29, 0.717) is 30.5 Å². The Bertz CT molecular complexity index is 3960. The third-order valence-electron chi connectivity index (χ3n) is 13.1. The van der Waals surface area contributed by atoms with Gasteiger partial charge in [-0.1, -0.05) is 80.6 Å².